The molecule has 26 heavy (non-hydrogen) atoms. The molecule has 9 heteroatoms. The summed E-state index contributed by atoms with van der Waals surface area (Å²) >= 11 is 1.65. The normalized spacial score (nSPS) is 12.0. The molecule has 3 aromatic heterocycles. The van der Waals surface area contributed by atoms with E-state index in [0.29, 0.717) is 17.0 Å². The second-order valence-electron chi connectivity index (χ2n) is 5.44. The Morgan fingerprint density at radius 1 is 1.00 bits per heavy atom. The van der Waals surface area contributed by atoms with Gasteiger partial charge in [-0.05, 0) is 24.3 Å². The van der Waals surface area contributed by atoms with Crippen molar-refractivity contribution in [2.45, 2.75) is 16.8 Å². The number of imidazole rings is 1. The first-order valence-electron chi connectivity index (χ1n) is 7.56. The molecule has 0 aliphatic rings. The van der Waals surface area contributed by atoms with Gasteiger partial charge in [-0.3, -0.25) is 0 Å². The zero-order chi connectivity index (χ0) is 18.1. The Hall–Kier alpha value is -2.81. The van der Waals surface area contributed by atoms with E-state index in [-0.39, 0.29) is 5.82 Å². The van der Waals surface area contributed by atoms with E-state index in [0.717, 1.165) is 10.6 Å². The predicted molar refractivity (Wildman–Crippen MR) is 89.5 cm³/mol. The third-order valence-electron chi connectivity index (χ3n) is 3.56. The van der Waals surface area contributed by atoms with Gasteiger partial charge in [0.25, 0.3) is 0 Å². The van der Waals surface area contributed by atoms with Gasteiger partial charge >= 0.3 is 12.1 Å². The fourth-order valence-corrected chi connectivity index (χ4v) is 3.18. The molecule has 0 bridgehead atoms. The van der Waals surface area contributed by atoms with Crippen LogP contribution in [0.1, 0.15) is 11.6 Å². The van der Waals surface area contributed by atoms with Crippen LogP contribution in [-0.4, -0.2) is 19.5 Å². The Balaban J connectivity index is 1.57. The standard InChI is InChI=1S/C17H11F3N4OS/c18-17(19,20)16-22-15(23-25-16)11-6-7-14-21-12(9-24(14)8-11)10-26-13-4-2-1-3-5-13/h1-9H,10H2. The zero-order valence-electron chi connectivity index (χ0n) is 13.1. The van der Waals surface area contributed by atoms with Crippen molar-refractivity contribution in [1.82, 2.24) is 19.5 Å². The van der Waals surface area contributed by atoms with E-state index >= 15 is 0 Å². The largest absolute Gasteiger partial charge is 0.471 e. The van der Waals surface area contributed by atoms with Crippen LogP contribution in [0.4, 0.5) is 13.2 Å². The average molecular weight is 376 g/mol. The number of thioether (sulfide) groups is 1. The molecule has 0 unspecified atom stereocenters. The second kappa shape index (κ2) is 6.49. The molecule has 0 aliphatic heterocycles. The Morgan fingerprint density at radius 2 is 1.81 bits per heavy atom. The summed E-state index contributed by atoms with van der Waals surface area (Å²) < 4.78 is 43.8. The SMILES string of the molecule is FC(F)(F)c1nc(-c2ccc3nc(CSc4ccccc4)cn3c2)no1. The fraction of sp³-hybridized carbons (Fsp3) is 0.118. The van der Waals surface area contributed by atoms with E-state index in [1.807, 2.05) is 36.5 Å². The summed E-state index contributed by atoms with van der Waals surface area (Å²) in [4.78, 5) is 9.04. The van der Waals surface area contributed by atoms with Gasteiger partial charge in [0.05, 0.1) is 5.69 Å². The molecule has 4 rings (SSSR count). The number of halogens is 3. The highest BCUT2D eigenvalue weighted by Gasteiger charge is 2.38. The van der Waals surface area contributed by atoms with Crippen molar-refractivity contribution in [3.8, 4) is 11.4 Å². The number of rotatable bonds is 4. The van der Waals surface area contributed by atoms with Crippen molar-refractivity contribution in [3.63, 3.8) is 0 Å². The smallest absolute Gasteiger partial charge is 0.329 e. The molecule has 1 aromatic carbocycles. The van der Waals surface area contributed by atoms with E-state index in [4.69, 9.17) is 0 Å². The molecule has 0 spiro atoms. The summed E-state index contributed by atoms with van der Waals surface area (Å²) in [6.45, 7) is 0. The van der Waals surface area contributed by atoms with E-state index in [1.54, 1.807) is 34.5 Å². The average Bonchev–Trinajstić information content (AvgIpc) is 3.26. The summed E-state index contributed by atoms with van der Waals surface area (Å²) in [5, 5.41) is 3.40. The molecule has 0 atom stereocenters. The number of alkyl halides is 3. The zero-order valence-corrected chi connectivity index (χ0v) is 14.0. The Labute approximate surface area is 149 Å². The Bertz CT molecular complexity index is 1040. The maximum Gasteiger partial charge on any atom is 0.471 e. The molecule has 132 valence electrons. The molecular formula is C17H11F3N4OS. The summed E-state index contributed by atoms with van der Waals surface area (Å²) in [7, 11) is 0. The van der Waals surface area contributed by atoms with Crippen LogP contribution in [0.2, 0.25) is 0 Å². The van der Waals surface area contributed by atoms with Gasteiger partial charge in [0.1, 0.15) is 5.65 Å². The van der Waals surface area contributed by atoms with Crippen LogP contribution in [-0.2, 0) is 11.9 Å². The van der Waals surface area contributed by atoms with Crippen LogP contribution < -0.4 is 0 Å². The lowest BCUT2D eigenvalue weighted by Gasteiger charge is -1.97. The van der Waals surface area contributed by atoms with Crippen molar-refractivity contribution in [2.75, 3.05) is 0 Å². The van der Waals surface area contributed by atoms with Gasteiger partial charge in [-0.1, -0.05) is 23.4 Å². The van der Waals surface area contributed by atoms with Gasteiger partial charge in [0.2, 0.25) is 5.82 Å². The molecule has 0 saturated carbocycles. The van der Waals surface area contributed by atoms with Gasteiger partial charge in [0, 0.05) is 28.6 Å². The van der Waals surface area contributed by atoms with Crippen molar-refractivity contribution in [2.24, 2.45) is 0 Å². The minimum atomic E-state index is -4.66. The van der Waals surface area contributed by atoms with E-state index < -0.39 is 12.1 Å². The Kier molecular flexibility index (Phi) is 4.15. The van der Waals surface area contributed by atoms with Crippen LogP contribution in [0.5, 0.6) is 0 Å². The highest BCUT2D eigenvalue weighted by Crippen LogP contribution is 2.29. The maximum absolute atomic E-state index is 12.6. The van der Waals surface area contributed by atoms with Crippen LogP contribution >= 0.6 is 11.8 Å². The van der Waals surface area contributed by atoms with Crippen LogP contribution in [0, 0.1) is 0 Å². The van der Waals surface area contributed by atoms with E-state index in [1.165, 1.54) is 0 Å². The van der Waals surface area contributed by atoms with Gasteiger partial charge in [-0.2, -0.15) is 18.2 Å². The minimum Gasteiger partial charge on any atom is -0.329 e. The first-order chi connectivity index (χ1) is 12.5. The maximum atomic E-state index is 12.6. The third kappa shape index (κ3) is 3.43. The number of hydrogen-bond donors (Lipinski definition) is 0. The van der Waals surface area contributed by atoms with Crippen LogP contribution in [0.15, 0.2) is 64.3 Å². The highest BCUT2D eigenvalue weighted by molar-refractivity contribution is 7.98. The number of fused-ring (bicyclic) bond motifs is 1. The number of pyridine rings is 1. The number of hydrogen-bond acceptors (Lipinski definition) is 5. The number of nitrogens with zero attached hydrogens (tertiary/aromatic N) is 4. The van der Waals surface area contributed by atoms with Gasteiger partial charge in [-0.25, -0.2) is 4.98 Å². The topological polar surface area (TPSA) is 56.2 Å². The van der Waals surface area contributed by atoms with E-state index in [9.17, 15) is 13.2 Å². The molecule has 0 aliphatic carbocycles. The molecule has 0 saturated heterocycles. The Morgan fingerprint density at radius 3 is 2.54 bits per heavy atom. The fourth-order valence-electron chi connectivity index (χ4n) is 2.38. The molecule has 0 amide bonds. The molecule has 0 fully saturated rings. The molecule has 3 heterocycles. The lowest BCUT2D eigenvalue weighted by atomic mass is 10.3. The second-order valence-corrected chi connectivity index (χ2v) is 6.49. The highest BCUT2D eigenvalue weighted by atomic mass is 32.2. The number of aromatic nitrogens is 4. The molecule has 4 aromatic rings. The van der Waals surface area contributed by atoms with Gasteiger partial charge in [0.15, 0.2) is 0 Å². The first-order valence-corrected chi connectivity index (χ1v) is 8.54. The van der Waals surface area contributed by atoms with Gasteiger partial charge < -0.3 is 8.92 Å². The first kappa shape index (κ1) is 16.6. The lowest BCUT2D eigenvalue weighted by molar-refractivity contribution is -0.159. The van der Waals surface area contributed by atoms with Crippen molar-refractivity contribution in [1.29, 1.82) is 0 Å². The lowest BCUT2D eigenvalue weighted by Crippen LogP contribution is -2.04. The minimum absolute atomic E-state index is 0.117. The van der Waals surface area contributed by atoms with Gasteiger partial charge in [-0.15, -0.1) is 11.8 Å². The predicted octanol–water partition coefficient (Wildman–Crippen LogP) is 4.70. The van der Waals surface area contributed by atoms with Crippen molar-refractivity contribution >= 4 is 17.4 Å². The third-order valence-corrected chi connectivity index (χ3v) is 4.60. The van der Waals surface area contributed by atoms with Crippen LogP contribution in [0.3, 0.4) is 0 Å². The molecule has 0 N–H and O–H groups in total. The van der Waals surface area contributed by atoms with Crippen molar-refractivity contribution in [3.05, 3.63) is 66.4 Å². The quantitative estimate of drug-likeness (QED) is 0.484. The monoisotopic (exact) mass is 376 g/mol. The summed E-state index contributed by atoms with van der Waals surface area (Å²) in [6, 6.07) is 13.3. The number of benzene rings is 1. The summed E-state index contributed by atoms with van der Waals surface area (Å²) in [5.41, 5.74) is 1.97. The molecule has 5 nitrogen and oxygen atoms in total. The summed E-state index contributed by atoms with van der Waals surface area (Å²) in [5.74, 6) is -0.798. The molecular weight excluding hydrogens is 365 g/mol. The van der Waals surface area contributed by atoms with E-state index in [2.05, 4.69) is 19.6 Å². The molecule has 0 radical (unpaired) electrons. The van der Waals surface area contributed by atoms with Crippen LogP contribution in [0.25, 0.3) is 17.0 Å². The summed E-state index contributed by atoms with van der Waals surface area (Å²) in [6.07, 6.45) is -1.20. The van der Waals surface area contributed by atoms with Crippen molar-refractivity contribution < 1.29 is 17.7 Å².